The minimum absolute atomic E-state index is 0.0437. The molecular weight excluding hydrogens is 433 g/mol. The Morgan fingerprint density at radius 3 is 2.88 bits per heavy atom. The zero-order valence-corrected chi connectivity index (χ0v) is 14.1. The number of tetrazole rings is 1. The molecule has 122 valence electrons. The Labute approximate surface area is 148 Å². The van der Waals surface area contributed by atoms with Gasteiger partial charge in [0.05, 0.1) is 23.3 Å². The number of methoxy groups -OCH3 is 1. The number of hydrogen-bond acceptors (Lipinski definition) is 9. The van der Waals surface area contributed by atoms with Gasteiger partial charge in [-0.1, -0.05) is 0 Å². The zero-order valence-electron chi connectivity index (χ0n) is 12.0. The number of nitrogens with one attached hydrogen (secondary N) is 2. The van der Waals surface area contributed by atoms with Crippen molar-refractivity contribution < 1.29 is 14.5 Å². The number of aromatic nitrogens is 4. The van der Waals surface area contributed by atoms with Crippen LogP contribution in [0.15, 0.2) is 18.3 Å². The number of non-ortho nitro benzene ring substituents is 1. The van der Waals surface area contributed by atoms with Crippen LogP contribution in [0.25, 0.3) is 5.57 Å². The fourth-order valence-corrected chi connectivity index (χ4v) is 2.45. The second-order valence-electron chi connectivity index (χ2n) is 4.15. The van der Waals surface area contributed by atoms with Gasteiger partial charge in [-0.05, 0) is 27.8 Å². The van der Waals surface area contributed by atoms with Gasteiger partial charge in [0.15, 0.2) is 0 Å². The number of hydrogen-bond donors (Lipinski definition) is 2. The Morgan fingerprint density at radius 2 is 2.33 bits per heavy atom. The predicted molar refractivity (Wildman–Crippen MR) is 88.5 cm³/mol. The SMILES string of the molecule is COC(=O)c1cc([N+](=O)[O-])cc(I)c1NC=C(C#N)c1nn[nH]n1. The number of halogens is 1. The van der Waals surface area contributed by atoms with Crippen molar-refractivity contribution in [2.45, 2.75) is 0 Å². The maximum atomic E-state index is 11.9. The van der Waals surface area contributed by atoms with Crippen molar-refractivity contribution in [2.24, 2.45) is 0 Å². The van der Waals surface area contributed by atoms with Gasteiger partial charge in [0.2, 0.25) is 5.82 Å². The summed E-state index contributed by atoms with van der Waals surface area (Å²) < 4.78 is 5.03. The normalized spacial score (nSPS) is 10.8. The number of ether oxygens (including phenoxy) is 1. The van der Waals surface area contributed by atoms with Crippen molar-refractivity contribution in [3.05, 3.63) is 43.4 Å². The Hall–Kier alpha value is -3.08. The minimum atomic E-state index is -0.759. The van der Waals surface area contributed by atoms with E-state index in [1.54, 1.807) is 0 Å². The lowest BCUT2D eigenvalue weighted by atomic mass is 10.1. The monoisotopic (exact) mass is 441 g/mol. The predicted octanol–water partition coefficient (Wildman–Crippen LogP) is 1.48. The summed E-state index contributed by atoms with van der Waals surface area (Å²) in [6.07, 6.45) is 1.26. The van der Waals surface area contributed by atoms with E-state index in [1.807, 2.05) is 28.7 Å². The molecule has 0 unspecified atom stereocenters. The highest BCUT2D eigenvalue weighted by Gasteiger charge is 2.20. The van der Waals surface area contributed by atoms with Crippen LogP contribution in [-0.2, 0) is 4.74 Å². The molecule has 0 spiro atoms. The first-order valence-corrected chi connectivity index (χ1v) is 7.22. The first-order chi connectivity index (χ1) is 11.5. The fraction of sp³-hybridized carbons (Fsp3) is 0.0833. The molecule has 0 aliphatic rings. The van der Waals surface area contributed by atoms with Crippen LogP contribution in [0.4, 0.5) is 11.4 Å². The van der Waals surface area contributed by atoms with Gasteiger partial charge in [0, 0.05) is 21.9 Å². The van der Waals surface area contributed by atoms with Gasteiger partial charge in [-0.2, -0.15) is 10.5 Å². The van der Waals surface area contributed by atoms with Gasteiger partial charge in [-0.25, -0.2) is 4.79 Å². The number of carbonyl (C=O) groups excluding carboxylic acids is 1. The lowest BCUT2D eigenvalue weighted by molar-refractivity contribution is -0.385. The second kappa shape index (κ2) is 7.46. The number of nitriles is 1. The van der Waals surface area contributed by atoms with Gasteiger partial charge in [-0.15, -0.1) is 10.2 Å². The molecule has 0 aliphatic heterocycles. The van der Waals surface area contributed by atoms with Gasteiger partial charge in [-0.3, -0.25) is 10.1 Å². The summed E-state index contributed by atoms with van der Waals surface area (Å²) in [4.78, 5) is 22.2. The summed E-state index contributed by atoms with van der Waals surface area (Å²) in [5, 5.41) is 35.7. The topological polar surface area (TPSA) is 160 Å². The summed E-state index contributed by atoms with van der Waals surface area (Å²) in [6, 6.07) is 4.24. The van der Waals surface area contributed by atoms with E-state index < -0.39 is 10.9 Å². The average molecular weight is 441 g/mol. The third-order valence-corrected chi connectivity index (χ3v) is 3.61. The number of nitro benzene ring substituents is 1. The lowest BCUT2D eigenvalue weighted by Gasteiger charge is -2.10. The first-order valence-electron chi connectivity index (χ1n) is 6.14. The molecule has 24 heavy (non-hydrogen) atoms. The summed E-state index contributed by atoms with van der Waals surface area (Å²) in [5.41, 5.74) is 0.00349. The first kappa shape index (κ1) is 17.3. The lowest BCUT2D eigenvalue weighted by Crippen LogP contribution is -2.08. The van der Waals surface area contributed by atoms with Crippen LogP contribution in [0.3, 0.4) is 0 Å². The Kier molecular flexibility index (Phi) is 5.37. The van der Waals surface area contributed by atoms with Crippen molar-refractivity contribution in [3.63, 3.8) is 0 Å². The van der Waals surface area contributed by atoms with Gasteiger partial charge >= 0.3 is 5.97 Å². The summed E-state index contributed by atoms with van der Waals surface area (Å²) in [7, 11) is 1.16. The van der Waals surface area contributed by atoms with Gasteiger partial charge in [0.25, 0.3) is 5.69 Å². The highest BCUT2D eigenvalue weighted by Crippen LogP contribution is 2.29. The van der Waals surface area contributed by atoms with E-state index in [-0.39, 0.29) is 28.3 Å². The second-order valence-corrected chi connectivity index (χ2v) is 5.31. The van der Waals surface area contributed by atoms with Crippen LogP contribution in [-0.4, -0.2) is 38.6 Å². The quantitative estimate of drug-likeness (QED) is 0.230. The molecule has 1 aromatic heterocycles. The number of rotatable bonds is 5. The molecule has 0 fully saturated rings. The molecule has 2 N–H and O–H groups in total. The van der Waals surface area contributed by atoms with E-state index in [4.69, 9.17) is 5.26 Å². The number of aromatic amines is 1. The minimum Gasteiger partial charge on any atom is -0.465 e. The third kappa shape index (κ3) is 3.63. The number of esters is 1. The molecule has 1 heterocycles. The van der Waals surface area contributed by atoms with Crippen molar-refractivity contribution >= 4 is 45.5 Å². The van der Waals surface area contributed by atoms with E-state index in [9.17, 15) is 14.9 Å². The van der Waals surface area contributed by atoms with E-state index in [0.717, 1.165) is 13.2 Å². The van der Waals surface area contributed by atoms with E-state index in [0.29, 0.717) is 3.57 Å². The molecule has 0 saturated carbocycles. The molecule has 0 amide bonds. The largest absolute Gasteiger partial charge is 0.465 e. The highest BCUT2D eigenvalue weighted by atomic mass is 127. The number of nitrogens with zero attached hydrogens (tertiary/aromatic N) is 5. The number of anilines is 1. The molecule has 1 aromatic carbocycles. The Morgan fingerprint density at radius 1 is 1.58 bits per heavy atom. The summed E-state index contributed by atoms with van der Waals surface area (Å²) >= 11 is 1.83. The molecule has 0 bridgehead atoms. The number of benzene rings is 1. The molecule has 12 heteroatoms. The van der Waals surface area contributed by atoms with Crippen molar-refractivity contribution in [1.82, 2.24) is 20.6 Å². The number of nitro groups is 1. The van der Waals surface area contributed by atoms with Crippen LogP contribution >= 0.6 is 22.6 Å². The number of H-pyrrole nitrogens is 1. The standard InChI is InChI=1S/C12H8IN7O4/c1-24-12(21)8-2-7(20(22)23)3-9(13)10(8)15-5-6(4-14)11-16-18-19-17-11/h2-3,5,15H,1H3,(H,16,17,18,19). The van der Waals surface area contributed by atoms with Crippen molar-refractivity contribution in [2.75, 3.05) is 12.4 Å². The maximum Gasteiger partial charge on any atom is 0.340 e. The van der Waals surface area contributed by atoms with Crippen molar-refractivity contribution in [1.29, 1.82) is 5.26 Å². The van der Waals surface area contributed by atoms with Crippen LogP contribution in [0.1, 0.15) is 16.2 Å². The van der Waals surface area contributed by atoms with E-state index in [2.05, 4.69) is 30.7 Å². The van der Waals surface area contributed by atoms with E-state index in [1.165, 1.54) is 12.3 Å². The van der Waals surface area contributed by atoms with Gasteiger partial charge in [0.1, 0.15) is 11.6 Å². The smallest absolute Gasteiger partial charge is 0.340 e. The number of allylic oxidation sites excluding steroid dienone is 1. The molecular formula is C12H8IN7O4. The van der Waals surface area contributed by atoms with Crippen molar-refractivity contribution in [3.8, 4) is 6.07 Å². The molecule has 2 rings (SSSR count). The Bertz CT molecular complexity index is 857. The number of carbonyl (C=O) groups is 1. The molecule has 0 saturated heterocycles. The average Bonchev–Trinajstić information content (AvgIpc) is 3.09. The van der Waals surface area contributed by atoms with E-state index >= 15 is 0 Å². The maximum absolute atomic E-state index is 11.9. The molecule has 0 atom stereocenters. The molecule has 11 nitrogen and oxygen atoms in total. The third-order valence-electron chi connectivity index (χ3n) is 2.76. The summed E-state index contributed by atoms with van der Waals surface area (Å²) in [5.74, 6) is -0.702. The van der Waals surface area contributed by atoms with Gasteiger partial charge < -0.3 is 10.1 Å². The molecule has 0 radical (unpaired) electrons. The highest BCUT2D eigenvalue weighted by molar-refractivity contribution is 14.1. The zero-order chi connectivity index (χ0) is 17.7. The van der Waals surface area contributed by atoms with Crippen LogP contribution < -0.4 is 5.32 Å². The van der Waals surface area contributed by atoms with Crippen LogP contribution in [0.5, 0.6) is 0 Å². The summed E-state index contributed by atoms with van der Waals surface area (Å²) in [6.45, 7) is 0. The Balaban J connectivity index is 2.48. The van der Waals surface area contributed by atoms with Crippen LogP contribution in [0.2, 0.25) is 0 Å². The fourth-order valence-electron chi connectivity index (χ4n) is 1.68. The molecule has 0 aliphatic carbocycles. The molecule has 2 aromatic rings. The van der Waals surface area contributed by atoms with Crippen LogP contribution in [0, 0.1) is 25.0 Å².